The molecule has 1 aliphatic heterocycles. The summed E-state index contributed by atoms with van der Waals surface area (Å²) < 4.78 is 15.8. The van der Waals surface area contributed by atoms with Gasteiger partial charge in [-0.25, -0.2) is 4.79 Å². The number of methoxy groups -OCH3 is 1. The molecule has 1 unspecified atom stereocenters. The fraction of sp³-hybridized carbons (Fsp3) is 0.462. The first kappa shape index (κ1) is 12.5. The summed E-state index contributed by atoms with van der Waals surface area (Å²) in [4.78, 5) is 13.7. The van der Waals surface area contributed by atoms with E-state index in [1.807, 2.05) is 24.1 Å². The van der Waals surface area contributed by atoms with Crippen LogP contribution in [-0.2, 0) is 9.53 Å². The zero-order chi connectivity index (χ0) is 13.1. The Morgan fingerprint density at radius 3 is 3.00 bits per heavy atom. The maximum Gasteiger partial charge on any atom is 0.349 e. The van der Waals surface area contributed by atoms with Gasteiger partial charge in [-0.3, -0.25) is 0 Å². The number of benzene rings is 1. The molecule has 0 aliphatic carbocycles. The van der Waals surface area contributed by atoms with Gasteiger partial charge in [0.25, 0.3) is 0 Å². The van der Waals surface area contributed by atoms with Gasteiger partial charge in [0.05, 0.1) is 25.9 Å². The Hall–Kier alpha value is -1.91. The Morgan fingerprint density at radius 2 is 2.33 bits per heavy atom. The second-order valence-electron chi connectivity index (χ2n) is 4.07. The predicted octanol–water partition coefficient (Wildman–Crippen LogP) is 1.46. The van der Waals surface area contributed by atoms with E-state index in [0.29, 0.717) is 24.7 Å². The van der Waals surface area contributed by atoms with E-state index in [1.165, 1.54) is 0 Å². The molecule has 0 spiro atoms. The first-order valence-corrected chi connectivity index (χ1v) is 5.88. The molecular formula is C13H17NO4. The molecule has 2 rings (SSSR count). The van der Waals surface area contributed by atoms with E-state index in [9.17, 15) is 4.79 Å². The molecule has 0 saturated carbocycles. The van der Waals surface area contributed by atoms with Crippen LogP contribution in [0.1, 0.15) is 6.92 Å². The molecule has 1 aliphatic rings. The molecule has 98 valence electrons. The van der Waals surface area contributed by atoms with Crippen LogP contribution in [0.15, 0.2) is 18.2 Å². The normalized spacial score (nSPS) is 17.7. The number of rotatable bonds is 3. The van der Waals surface area contributed by atoms with Gasteiger partial charge in [-0.2, -0.15) is 0 Å². The summed E-state index contributed by atoms with van der Waals surface area (Å²) in [7, 11) is 3.51. The van der Waals surface area contributed by atoms with Crippen molar-refractivity contribution in [1.29, 1.82) is 0 Å². The highest BCUT2D eigenvalue weighted by Gasteiger charge is 2.30. The van der Waals surface area contributed by atoms with Gasteiger partial charge in [0.15, 0.2) is 0 Å². The van der Waals surface area contributed by atoms with E-state index in [0.717, 1.165) is 5.69 Å². The highest BCUT2D eigenvalue weighted by atomic mass is 16.6. The van der Waals surface area contributed by atoms with E-state index in [-0.39, 0.29) is 5.97 Å². The summed E-state index contributed by atoms with van der Waals surface area (Å²) in [6, 6.07) is 5.55. The lowest BCUT2D eigenvalue weighted by Gasteiger charge is -2.32. The topological polar surface area (TPSA) is 48.0 Å². The molecule has 0 bridgehead atoms. The number of carbonyl (C=O) groups is 1. The van der Waals surface area contributed by atoms with Gasteiger partial charge in [-0.15, -0.1) is 0 Å². The Labute approximate surface area is 106 Å². The summed E-state index contributed by atoms with van der Waals surface area (Å²) in [6.07, 6.45) is -0.588. The lowest BCUT2D eigenvalue weighted by Crippen LogP contribution is -2.43. The van der Waals surface area contributed by atoms with Crippen molar-refractivity contribution in [2.75, 3.05) is 32.2 Å². The Balaban J connectivity index is 2.23. The summed E-state index contributed by atoms with van der Waals surface area (Å²) in [5, 5.41) is 0. The number of anilines is 1. The van der Waals surface area contributed by atoms with Crippen LogP contribution >= 0.6 is 0 Å². The number of carbonyl (C=O) groups excluding carboxylic acids is 1. The Morgan fingerprint density at radius 1 is 1.56 bits per heavy atom. The molecule has 0 fully saturated rings. The molecule has 0 amide bonds. The van der Waals surface area contributed by atoms with Crippen LogP contribution in [0, 0.1) is 0 Å². The number of ether oxygens (including phenoxy) is 3. The van der Waals surface area contributed by atoms with Gasteiger partial charge in [0, 0.05) is 13.1 Å². The average Bonchev–Trinajstić information content (AvgIpc) is 2.38. The van der Waals surface area contributed by atoms with E-state index in [1.54, 1.807) is 20.1 Å². The molecule has 5 nitrogen and oxygen atoms in total. The third kappa shape index (κ3) is 2.34. The van der Waals surface area contributed by atoms with Crippen LogP contribution in [0.5, 0.6) is 11.5 Å². The third-order valence-electron chi connectivity index (χ3n) is 2.84. The van der Waals surface area contributed by atoms with Crippen molar-refractivity contribution in [3.63, 3.8) is 0 Å². The Kier molecular flexibility index (Phi) is 3.60. The van der Waals surface area contributed by atoms with Crippen LogP contribution < -0.4 is 14.4 Å². The van der Waals surface area contributed by atoms with Gasteiger partial charge in [0.2, 0.25) is 6.10 Å². The number of hydrogen-bond donors (Lipinski definition) is 0. The fourth-order valence-electron chi connectivity index (χ4n) is 1.93. The van der Waals surface area contributed by atoms with Gasteiger partial charge in [-0.05, 0) is 19.1 Å². The third-order valence-corrected chi connectivity index (χ3v) is 2.84. The van der Waals surface area contributed by atoms with Crippen LogP contribution in [-0.4, -0.2) is 39.4 Å². The number of hydrogen-bond acceptors (Lipinski definition) is 5. The van der Waals surface area contributed by atoms with Crippen molar-refractivity contribution in [2.45, 2.75) is 13.0 Å². The molecule has 1 heterocycles. The van der Waals surface area contributed by atoms with Crippen molar-refractivity contribution in [3.05, 3.63) is 18.2 Å². The van der Waals surface area contributed by atoms with Crippen molar-refractivity contribution in [3.8, 4) is 11.5 Å². The van der Waals surface area contributed by atoms with E-state index in [2.05, 4.69) is 0 Å². The molecule has 1 aromatic carbocycles. The molecule has 0 aromatic heterocycles. The molecule has 1 atom stereocenters. The van der Waals surface area contributed by atoms with Gasteiger partial charge < -0.3 is 19.1 Å². The maximum absolute atomic E-state index is 11.7. The van der Waals surface area contributed by atoms with Gasteiger partial charge >= 0.3 is 5.97 Å². The van der Waals surface area contributed by atoms with Crippen molar-refractivity contribution in [2.24, 2.45) is 0 Å². The number of fused-ring (bicyclic) bond motifs is 1. The summed E-state index contributed by atoms with van der Waals surface area (Å²) in [5.74, 6) is 1.01. The quantitative estimate of drug-likeness (QED) is 0.761. The van der Waals surface area contributed by atoms with Crippen LogP contribution in [0.3, 0.4) is 0 Å². The van der Waals surface area contributed by atoms with Crippen molar-refractivity contribution < 1.29 is 19.0 Å². The SMILES string of the molecule is CCOC(=O)C1CN(C)c2ccc(OC)cc2O1. The molecule has 18 heavy (non-hydrogen) atoms. The molecular weight excluding hydrogens is 234 g/mol. The zero-order valence-corrected chi connectivity index (χ0v) is 10.8. The summed E-state index contributed by atoms with van der Waals surface area (Å²) in [6.45, 7) is 2.62. The van der Waals surface area contributed by atoms with E-state index < -0.39 is 6.10 Å². The first-order valence-electron chi connectivity index (χ1n) is 5.88. The van der Waals surface area contributed by atoms with Crippen LogP contribution in [0.2, 0.25) is 0 Å². The number of likely N-dealkylation sites (N-methyl/N-ethyl adjacent to an activating group) is 1. The summed E-state index contributed by atoms with van der Waals surface area (Å²) in [5.41, 5.74) is 0.941. The minimum absolute atomic E-state index is 0.335. The largest absolute Gasteiger partial charge is 0.497 e. The molecule has 1 aromatic rings. The van der Waals surface area contributed by atoms with Crippen LogP contribution in [0.25, 0.3) is 0 Å². The smallest absolute Gasteiger partial charge is 0.349 e. The lowest BCUT2D eigenvalue weighted by atomic mass is 10.2. The molecule has 0 N–H and O–H groups in total. The first-order chi connectivity index (χ1) is 8.65. The second kappa shape index (κ2) is 5.16. The minimum Gasteiger partial charge on any atom is -0.497 e. The molecule has 0 saturated heterocycles. The monoisotopic (exact) mass is 251 g/mol. The van der Waals surface area contributed by atoms with Crippen molar-refractivity contribution >= 4 is 11.7 Å². The summed E-state index contributed by atoms with van der Waals surface area (Å²) >= 11 is 0. The van der Waals surface area contributed by atoms with Gasteiger partial charge in [0.1, 0.15) is 11.5 Å². The number of esters is 1. The molecule has 0 radical (unpaired) electrons. The maximum atomic E-state index is 11.7. The predicted molar refractivity (Wildman–Crippen MR) is 67.3 cm³/mol. The number of nitrogens with zero attached hydrogens (tertiary/aromatic N) is 1. The van der Waals surface area contributed by atoms with Crippen molar-refractivity contribution in [1.82, 2.24) is 0 Å². The van der Waals surface area contributed by atoms with E-state index in [4.69, 9.17) is 14.2 Å². The van der Waals surface area contributed by atoms with E-state index >= 15 is 0 Å². The minimum atomic E-state index is -0.588. The Bertz CT molecular complexity index is 447. The average molecular weight is 251 g/mol. The van der Waals surface area contributed by atoms with Crippen LogP contribution in [0.4, 0.5) is 5.69 Å². The standard InChI is InChI=1S/C13H17NO4/c1-4-17-13(15)12-8-14(2)10-6-5-9(16-3)7-11(10)18-12/h5-7,12H,4,8H2,1-3H3. The fourth-order valence-corrected chi connectivity index (χ4v) is 1.93. The highest BCUT2D eigenvalue weighted by molar-refractivity contribution is 5.78. The molecule has 5 heteroatoms. The van der Waals surface area contributed by atoms with Gasteiger partial charge in [-0.1, -0.05) is 0 Å². The lowest BCUT2D eigenvalue weighted by molar-refractivity contribution is -0.151. The highest BCUT2D eigenvalue weighted by Crippen LogP contribution is 2.35. The second-order valence-corrected chi connectivity index (χ2v) is 4.07. The zero-order valence-electron chi connectivity index (χ0n) is 10.8.